The average molecular weight is 308 g/mol. The highest BCUT2D eigenvalue weighted by molar-refractivity contribution is 9.10. The standard InChI is InChI=1S/C8H5Br2N3/c9-7-3-5-13(12-7)6-2-1-4-11-8(6)10/h1-5H/i1D,2D,3D,4D,5D. The van der Waals surface area contributed by atoms with Gasteiger partial charge in [-0.1, -0.05) is 0 Å². The Bertz CT molecular complexity index is 642. The molecule has 3 nitrogen and oxygen atoms in total. The molecule has 0 aliphatic carbocycles. The van der Waals surface area contributed by atoms with Crippen LogP contribution in [0.15, 0.2) is 39.7 Å². The van der Waals surface area contributed by atoms with Crippen molar-refractivity contribution in [3.63, 3.8) is 0 Å². The number of aromatic nitrogens is 3. The zero-order chi connectivity index (χ0) is 13.6. The van der Waals surface area contributed by atoms with Gasteiger partial charge in [0.1, 0.15) is 9.21 Å². The van der Waals surface area contributed by atoms with Crippen LogP contribution in [0.5, 0.6) is 0 Å². The first-order valence-electron chi connectivity index (χ1n) is 5.70. The van der Waals surface area contributed by atoms with E-state index in [1.54, 1.807) is 0 Å². The fourth-order valence-corrected chi connectivity index (χ4v) is 1.35. The molecule has 0 atom stereocenters. The molecule has 0 spiro atoms. The maximum absolute atomic E-state index is 7.79. The normalized spacial score (nSPS) is 15.7. The molecule has 2 aromatic rings. The molecule has 0 fully saturated rings. The van der Waals surface area contributed by atoms with E-state index in [4.69, 9.17) is 6.85 Å². The van der Waals surface area contributed by atoms with Crippen LogP contribution in [0.2, 0.25) is 0 Å². The quantitative estimate of drug-likeness (QED) is 0.759. The van der Waals surface area contributed by atoms with E-state index in [0.29, 0.717) is 0 Å². The van der Waals surface area contributed by atoms with E-state index in [2.05, 4.69) is 41.9 Å². The Morgan fingerprint density at radius 2 is 2.23 bits per heavy atom. The Kier molecular flexibility index (Phi) is 1.30. The summed E-state index contributed by atoms with van der Waals surface area (Å²) in [6.45, 7) is 0. The number of nitrogens with zero attached hydrogens (tertiary/aromatic N) is 3. The van der Waals surface area contributed by atoms with Gasteiger partial charge in [-0.15, -0.1) is 0 Å². The molecule has 5 heteroatoms. The van der Waals surface area contributed by atoms with E-state index in [1.807, 2.05) is 0 Å². The van der Waals surface area contributed by atoms with Crippen LogP contribution < -0.4 is 0 Å². The van der Waals surface area contributed by atoms with Crippen LogP contribution in [-0.2, 0) is 0 Å². The zero-order valence-corrected chi connectivity index (χ0v) is 9.27. The highest BCUT2D eigenvalue weighted by atomic mass is 79.9. The molecule has 2 rings (SSSR count). The molecule has 13 heavy (non-hydrogen) atoms. The summed E-state index contributed by atoms with van der Waals surface area (Å²) >= 11 is 6.11. The van der Waals surface area contributed by atoms with Crippen molar-refractivity contribution in [2.45, 2.75) is 0 Å². The molecular weight excluding hydrogens is 298 g/mol. The van der Waals surface area contributed by atoms with Gasteiger partial charge in [0.05, 0.1) is 12.5 Å². The molecule has 0 amide bonds. The van der Waals surface area contributed by atoms with Crippen molar-refractivity contribution < 1.29 is 6.85 Å². The lowest BCUT2D eigenvalue weighted by Crippen LogP contribution is -1.96. The average Bonchev–Trinajstić information content (AvgIpc) is 2.55. The van der Waals surface area contributed by atoms with Crippen LogP contribution >= 0.6 is 31.9 Å². The predicted molar refractivity (Wildman–Crippen MR) is 56.8 cm³/mol. The van der Waals surface area contributed by atoms with E-state index in [1.165, 1.54) is 0 Å². The van der Waals surface area contributed by atoms with Crippen LogP contribution in [-0.4, -0.2) is 14.8 Å². The Morgan fingerprint density at radius 3 is 2.92 bits per heavy atom. The van der Waals surface area contributed by atoms with Gasteiger partial charge in [0.25, 0.3) is 0 Å². The first-order valence-corrected chi connectivity index (χ1v) is 4.78. The summed E-state index contributed by atoms with van der Waals surface area (Å²) in [6, 6.07) is -0.751. The van der Waals surface area contributed by atoms with Gasteiger partial charge >= 0.3 is 0 Å². The minimum absolute atomic E-state index is 0.0696. The molecule has 2 heterocycles. The van der Waals surface area contributed by atoms with Gasteiger partial charge in [-0.05, 0) is 50.0 Å². The highest BCUT2D eigenvalue weighted by Gasteiger charge is 2.02. The Hall–Kier alpha value is -0.680. The molecule has 66 valence electrons. The molecule has 0 N–H and O–H groups in total. The number of rotatable bonds is 1. The van der Waals surface area contributed by atoms with Crippen molar-refractivity contribution >= 4 is 31.9 Å². The van der Waals surface area contributed by atoms with Crippen LogP contribution in [0, 0.1) is 0 Å². The van der Waals surface area contributed by atoms with Gasteiger partial charge in [-0.3, -0.25) is 0 Å². The highest BCUT2D eigenvalue weighted by Crippen LogP contribution is 2.18. The second kappa shape index (κ2) is 3.59. The fourth-order valence-electron chi connectivity index (χ4n) is 0.752. The Labute approximate surface area is 99.1 Å². The maximum atomic E-state index is 7.79. The molecular formula is C8H5Br2N3. The molecule has 0 aliphatic heterocycles. The summed E-state index contributed by atoms with van der Waals surface area (Å²) in [7, 11) is 0. The summed E-state index contributed by atoms with van der Waals surface area (Å²) < 4.78 is 39.3. The first kappa shape index (κ1) is 4.70. The third-order valence-electron chi connectivity index (χ3n) is 1.25. The van der Waals surface area contributed by atoms with Gasteiger partial charge in [-0.2, -0.15) is 5.10 Å². The number of hydrogen-bond donors (Lipinski definition) is 0. The molecule has 2 aromatic heterocycles. The lowest BCUT2D eigenvalue weighted by molar-refractivity contribution is 0.858. The molecule has 0 aliphatic rings. The van der Waals surface area contributed by atoms with E-state index in [9.17, 15) is 0 Å². The van der Waals surface area contributed by atoms with E-state index in [-0.39, 0.29) is 45.4 Å². The molecule has 0 aromatic carbocycles. The number of hydrogen-bond acceptors (Lipinski definition) is 2. The molecule has 0 bridgehead atoms. The summed E-state index contributed by atoms with van der Waals surface area (Å²) in [5.41, 5.74) is 0.0696. The van der Waals surface area contributed by atoms with Crippen molar-refractivity contribution in [2.75, 3.05) is 0 Å². The first-order chi connectivity index (χ1) is 8.34. The van der Waals surface area contributed by atoms with Gasteiger partial charge in [0.2, 0.25) is 0 Å². The second-order valence-corrected chi connectivity index (χ2v) is 3.55. The number of halogens is 2. The molecule has 0 saturated heterocycles. The van der Waals surface area contributed by atoms with Gasteiger partial charge in [-0.25, -0.2) is 9.67 Å². The van der Waals surface area contributed by atoms with Gasteiger partial charge in [0, 0.05) is 12.3 Å². The van der Waals surface area contributed by atoms with E-state index >= 15 is 0 Å². The predicted octanol–water partition coefficient (Wildman–Crippen LogP) is 2.79. The van der Waals surface area contributed by atoms with Crippen molar-refractivity contribution in [3.8, 4) is 5.69 Å². The van der Waals surface area contributed by atoms with Gasteiger partial charge in [0.15, 0.2) is 0 Å². The lowest BCUT2D eigenvalue weighted by atomic mass is 10.4. The summed E-state index contributed by atoms with van der Waals surface area (Å²) in [6.07, 6.45) is -0.561. The molecule has 0 saturated carbocycles. The van der Waals surface area contributed by atoms with E-state index in [0.717, 1.165) is 4.68 Å². The molecule has 0 radical (unpaired) electrons. The van der Waals surface area contributed by atoms with Gasteiger partial charge < -0.3 is 0 Å². The second-order valence-electron chi connectivity index (χ2n) is 2.05. The summed E-state index contributed by atoms with van der Waals surface area (Å²) in [4.78, 5) is 3.75. The summed E-state index contributed by atoms with van der Waals surface area (Å²) in [5, 5.41) is 3.90. The largest absolute Gasteiger partial charge is 0.247 e. The van der Waals surface area contributed by atoms with E-state index < -0.39 is 0 Å². The lowest BCUT2D eigenvalue weighted by Gasteiger charge is -2.01. The smallest absolute Gasteiger partial charge is 0.131 e. The minimum Gasteiger partial charge on any atom is -0.247 e. The van der Waals surface area contributed by atoms with Crippen LogP contribution in [0.25, 0.3) is 5.69 Å². The SMILES string of the molecule is [2H]c1nc(Br)c(-n2nc(Br)c([2H])c2[2H])c([2H])c1[2H]. The third kappa shape index (κ3) is 1.81. The molecule has 0 unspecified atom stereocenters. The summed E-state index contributed by atoms with van der Waals surface area (Å²) in [5.74, 6) is 0. The van der Waals surface area contributed by atoms with Crippen LogP contribution in [0.4, 0.5) is 0 Å². The van der Waals surface area contributed by atoms with Crippen molar-refractivity contribution in [1.82, 2.24) is 14.8 Å². The monoisotopic (exact) mass is 306 g/mol. The van der Waals surface area contributed by atoms with Crippen LogP contribution in [0.1, 0.15) is 6.85 Å². The maximum Gasteiger partial charge on any atom is 0.131 e. The van der Waals surface area contributed by atoms with Crippen molar-refractivity contribution in [1.29, 1.82) is 0 Å². The topological polar surface area (TPSA) is 30.7 Å². The zero-order valence-electron chi connectivity index (χ0n) is 11.1. The third-order valence-corrected chi connectivity index (χ3v) is 2.16. The minimum atomic E-state index is -0.356. The van der Waals surface area contributed by atoms with Crippen LogP contribution in [0.3, 0.4) is 0 Å². The number of pyridine rings is 1. The fraction of sp³-hybridized carbons (Fsp3) is 0. The Balaban J connectivity index is 2.79. The Morgan fingerprint density at radius 1 is 1.38 bits per heavy atom. The van der Waals surface area contributed by atoms with Crippen molar-refractivity contribution in [2.24, 2.45) is 0 Å². The van der Waals surface area contributed by atoms with Crippen molar-refractivity contribution in [3.05, 3.63) is 39.7 Å².